The molecule has 17 nitrogen and oxygen atoms in total. The standard InChI is InChI=1S/C33H39N3OS.3C2H2O4.H2O/c1-2-8-32-30(7-1)31(25-26-9-13-28(14-10-26)34-17-22-35-18-3-4-19-35)33(38-32)27-11-15-29(16-12-27)37-24-23-36-20-5-6-21-36;3*3-1(4)2(5)6;/h1-2,7-16,34H,3-6,17-25H2;3*(H,3,4)(H,5,6);1H2. The molecule has 0 saturated carbocycles. The highest BCUT2D eigenvalue weighted by atomic mass is 32.1. The Balaban J connectivity index is 0.000000494. The number of nitrogens with zero attached hydrogens (tertiary/aromatic N) is 2. The first-order chi connectivity index (χ1) is 26.7. The molecule has 0 atom stereocenters. The summed E-state index contributed by atoms with van der Waals surface area (Å²) in [5.41, 5.74) is 5.25. The number of hydrogen-bond acceptors (Lipinski definition) is 11. The van der Waals surface area contributed by atoms with Crippen molar-refractivity contribution in [2.75, 3.05) is 57.7 Å². The Morgan fingerprint density at radius 1 is 0.614 bits per heavy atom. The van der Waals surface area contributed by atoms with Crippen LogP contribution in [0.15, 0.2) is 72.8 Å². The number of likely N-dealkylation sites (tertiary alicyclic amines) is 2. The van der Waals surface area contributed by atoms with Gasteiger partial charge in [-0.3, -0.25) is 4.90 Å². The lowest BCUT2D eigenvalue weighted by Crippen LogP contribution is -2.25. The summed E-state index contributed by atoms with van der Waals surface area (Å²) in [4.78, 5) is 61.0. The molecule has 2 saturated heterocycles. The third-order valence-corrected chi connectivity index (χ3v) is 9.79. The number of ether oxygens (including phenoxy) is 1. The van der Waals surface area contributed by atoms with E-state index in [-0.39, 0.29) is 5.48 Å². The van der Waals surface area contributed by atoms with E-state index >= 15 is 0 Å². The molecule has 1 aromatic heterocycles. The summed E-state index contributed by atoms with van der Waals surface area (Å²) in [7, 11) is 0. The van der Waals surface area contributed by atoms with Crippen LogP contribution in [0, 0.1) is 0 Å². The second kappa shape index (κ2) is 24.4. The summed E-state index contributed by atoms with van der Waals surface area (Å²) in [6.07, 6.45) is 6.29. The molecule has 0 spiro atoms. The molecule has 308 valence electrons. The zero-order valence-corrected chi connectivity index (χ0v) is 31.8. The highest BCUT2D eigenvalue weighted by Crippen LogP contribution is 2.40. The Bertz CT molecular complexity index is 1830. The fourth-order valence-corrected chi connectivity index (χ4v) is 7.04. The number of carbonyl (C=O) groups is 6. The second-order valence-corrected chi connectivity index (χ2v) is 13.6. The Hall–Kier alpha value is -6.08. The molecule has 0 bridgehead atoms. The summed E-state index contributed by atoms with van der Waals surface area (Å²) < 4.78 is 7.42. The average molecular weight is 814 g/mol. The first kappa shape index (κ1) is 47.1. The van der Waals surface area contributed by atoms with Gasteiger partial charge in [0.05, 0.1) is 0 Å². The van der Waals surface area contributed by atoms with Crippen LogP contribution >= 0.6 is 11.3 Å². The van der Waals surface area contributed by atoms with Gasteiger partial charge < -0.3 is 51.1 Å². The Morgan fingerprint density at radius 3 is 1.58 bits per heavy atom. The van der Waals surface area contributed by atoms with Crippen molar-refractivity contribution in [1.29, 1.82) is 0 Å². The topological polar surface area (TPSA) is 283 Å². The van der Waals surface area contributed by atoms with E-state index in [2.05, 4.69) is 87.9 Å². The highest BCUT2D eigenvalue weighted by Gasteiger charge is 2.16. The quantitative estimate of drug-likeness (QED) is 0.106. The number of thiophene rings is 1. The molecule has 4 aromatic rings. The van der Waals surface area contributed by atoms with Crippen LogP contribution in [0.5, 0.6) is 5.75 Å². The first-order valence-corrected chi connectivity index (χ1v) is 18.5. The maximum Gasteiger partial charge on any atom is 0.414 e. The number of nitrogens with one attached hydrogen (secondary N) is 1. The SMILES string of the molecule is O.O=C(O)C(=O)O.O=C(O)C(=O)O.O=C(O)C(=O)O.c1ccc2c(Cc3ccc(NCCN4CCCC4)cc3)c(-c3ccc(OCCN4CCCC4)cc3)sc2c1. The molecule has 3 heterocycles. The van der Waals surface area contributed by atoms with Crippen LogP contribution in [-0.4, -0.2) is 134 Å². The maximum absolute atomic E-state index is 9.10. The van der Waals surface area contributed by atoms with Crippen LogP contribution in [0.3, 0.4) is 0 Å². The van der Waals surface area contributed by atoms with Crippen LogP contribution < -0.4 is 10.1 Å². The molecule has 57 heavy (non-hydrogen) atoms. The van der Waals surface area contributed by atoms with Crippen LogP contribution in [0.2, 0.25) is 0 Å². The van der Waals surface area contributed by atoms with E-state index < -0.39 is 35.8 Å². The molecule has 2 aliphatic rings. The van der Waals surface area contributed by atoms with Crippen molar-refractivity contribution in [3.05, 3.63) is 83.9 Å². The predicted octanol–water partition coefficient (Wildman–Crippen LogP) is 3.78. The molecule has 0 amide bonds. The Morgan fingerprint density at radius 2 is 1.09 bits per heavy atom. The monoisotopic (exact) mass is 813 g/mol. The molecule has 2 fully saturated rings. The number of carboxylic acid groups (broad SMARTS) is 6. The van der Waals surface area contributed by atoms with Crippen LogP contribution in [0.25, 0.3) is 20.5 Å². The number of anilines is 1. The molecule has 6 rings (SSSR count). The van der Waals surface area contributed by atoms with Crippen molar-refractivity contribution >= 4 is 62.9 Å². The highest BCUT2D eigenvalue weighted by molar-refractivity contribution is 7.22. The van der Waals surface area contributed by atoms with Gasteiger partial charge in [0, 0.05) is 34.9 Å². The van der Waals surface area contributed by atoms with Crippen molar-refractivity contribution in [2.45, 2.75) is 32.1 Å². The zero-order valence-electron chi connectivity index (χ0n) is 31.0. The number of hydrogen-bond donors (Lipinski definition) is 7. The smallest absolute Gasteiger partial charge is 0.414 e. The van der Waals surface area contributed by atoms with E-state index in [1.165, 1.54) is 89.2 Å². The number of benzene rings is 3. The van der Waals surface area contributed by atoms with Crippen molar-refractivity contribution in [1.82, 2.24) is 9.80 Å². The lowest BCUT2D eigenvalue weighted by Gasteiger charge is -2.15. The van der Waals surface area contributed by atoms with Crippen molar-refractivity contribution in [3.63, 3.8) is 0 Å². The van der Waals surface area contributed by atoms with Gasteiger partial charge in [-0.15, -0.1) is 11.3 Å². The molecular weight excluding hydrogens is 767 g/mol. The summed E-state index contributed by atoms with van der Waals surface area (Å²) in [6, 6.07) is 26.6. The summed E-state index contributed by atoms with van der Waals surface area (Å²) in [5.74, 6) is -9.98. The van der Waals surface area contributed by atoms with Crippen LogP contribution in [0.4, 0.5) is 5.69 Å². The first-order valence-electron chi connectivity index (χ1n) is 17.6. The molecule has 0 aliphatic carbocycles. The van der Waals surface area contributed by atoms with E-state index in [1.807, 2.05) is 11.3 Å². The molecule has 3 aromatic carbocycles. The van der Waals surface area contributed by atoms with Gasteiger partial charge in [0.25, 0.3) is 0 Å². The minimum absolute atomic E-state index is 0. The van der Waals surface area contributed by atoms with Gasteiger partial charge in [0.15, 0.2) is 0 Å². The molecule has 18 heteroatoms. The van der Waals surface area contributed by atoms with E-state index in [0.717, 1.165) is 38.4 Å². The third-order valence-electron chi connectivity index (χ3n) is 8.53. The average Bonchev–Trinajstić information content (AvgIpc) is 3.96. The minimum Gasteiger partial charge on any atom is -0.492 e. The lowest BCUT2D eigenvalue weighted by molar-refractivity contribution is -0.159. The summed E-state index contributed by atoms with van der Waals surface area (Å²) in [5, 5.41) is 49.3. The fourth-order valence-electron chi connectivity index (χ4n) is 5.82. The van der Waals surface area contributed by atoms with Crippen LogP contribution in [0.1, 0.15) is 36.8 Å². The van der Waals surface area contributed by atoms with Gasteiger partial charge in [0.1, 0.15) is 12.4 Å². The zero-order chi connectivity index (χ0) is 41.0. The molecule has 0 unspecified atom stereocenters. The predicted molar refractivity (Wildman–Crippen MR) is 211 cm³/mol. The molecule has 0 radical (unpaired) electrons. The van der Waals surface area contributed by atoms with E-state index in [9.17, 15) is 0 Å². The van der Waals surface area contributed by atoms with Crippen molar-refractivity contribution in [2.24, 2.45) is 0 Å². The van der Waals surface area contributed by atoms with Crippen molar-refractivity contribution in [3.8, 4) is 16.2 Å². The van der Waals surface area contributed by atoms with Crippen molar-refractivity contribution < 1.29 is 69.6 Å². The molecule has 9 N–H and O–H groups in total. The number of fused-ring (bicyclic) bond motifs is 1. The number of carboxylic acids is 6. The number of rotatable bonds is 11. The van der Waals surface area contributed by atoms with Gasteiger partial charge >= 0.3 is 35.8 Å². The Labute approximate surface area is 331 Å². The summed E-state index contributed by atoms with van der Waals surface area (Å²) >= 11 is 1.90. The van der Waals surface area contributed by atoms with E-state index in [1.54, 1.807) is 0 Å². The van der Waals surface area contributed by atoms with E-state index in [0.29, 0.717) is 0 Å². The largest absolute Gasteiger partial charge is 0.492 e. The third kappa shape index (κ3) is 16.7. The van der Waals surface area contributed by atoms with Gasteiger partial charge in [0.2, 0.25) is 0 Å². The van der Waals surface area contributed by atoms with Gasteiger partial charge in [-0.1, -0.05) is 30.3 Å². The normalized spacial score (nSPS) is 13.3. The summed E-state index contributed by atoms with van der Waals surface area (Å²) in [6.45, 7) is 8.87. The lowest BCUT2D eigenvalue weighted by atomic mass is 9.99. The minimum atomic E-state index is -1.82. The van der Waals surface area contributed by atoms with Gasteiger partial charge in [-0.05, 0) is 123 Å². The maximum atomic E-state index is 9.10. The fraction of sp³-hybridized carbons (Fsp3) is 0.333. The van der Waals surface area contributed by atoms with Gasteiger partial charge in [-0.2, -0.15) is 0 Å². The second-order valence-electron chi connectivity index (χ2n) is 12.5. The number of aliphatic carboxylic acids is 6. The van der Waals surface area contributed by atoms with Crippen LogP contribution in [-0.2, 0) is 35.2 Å². The molecular formula is C39H47N3O14S. The van der Waals surface area contributed by atoms with Gasteiger partial charge in [-0.25, -0.2) is 28.8 Å². The Kier molecular flexibility index (Phi) is 20.2. The van der Waals surface area contributed by atoms with E-state index in [4.69, 9.17) is 64.1 Å². The molecule has 2 aliphatic heterocycles.